The molecule has 0 radical (unpaired) electrons. The summed E-state index contributed by atoms with van der Waals surface area (Å²) >= 11 is 0. The van der Waals surface area contributed by atoms with Gasteiger partial charge in [-0.1, -0.05) is 19.3 Å². The van der Waals surface area contributed by atoms with Crippen LogP contribution < -0.4 is 5.32 Å². The number of amides is 1. The molecule has 3 rings (SSSR count). The highest BCUT2D eigenvalue weighted by molar-refractivity contribution is 5.99. The first-order valence-corrected chi connectivity index (χ1v) is 8.39. The molecule has 2 heterocycles. The molecule has 1 aliphatic rings. The van der Waals surface area contributed by atoms with Crippen LogP contribution in [0.15, 0.2) is 18.6 Å². The minimum absolute atomic E-state index is 0.121. The molecule has 2 aromatic rings. The fraction of sp³-hybridized carbons (Fsp3) is 0.588. The maximum Gasteiger partial charge on any atom is 0.255 e. The SMILES string of the molecule is COC1(CNC(=O)c2cn(C)nc2-c2cnn(C)c2)CCCCC1. The van der Waals surface area contributed by atoms with Crippen LogP contribution in [0.4, 0.5) is 0 Å². The summed E-state index contributed by atoms with van der Waals surface area (Å²) in [4.78, 5) is 12.7. The fourth-order valence-electron chi connectivity index (χ4n) is 3.40. The van der Waals surface area contributed by atoms with Gasteiger partial charge < -0.3 is 10.1 Å². The van der Waals surface area contributed by atoms with E-state index in [0.29, 0.717) is 17.8 Å². The van der Waals surface area contributed by atoms with Crippen molar-refractivity contribution in [2.75, 3.05) is 13.7 Å². The smallest absolute Gasteiger partial charge is 0.255 e. The van der Waals surface area contributed by atoms with Gasteiger partial charge in [0.2, 0.25) is 0 Å². The zero-order chi connectivity index (χ0) is 17.2. The number of rotatable bonds is 5. The summed E-state index contributed by atoms with van der Waals surface area (Å²) in [5.74, 6) is -0.121. The van der Waals surface area contributed by atoms with Crippen LogP contribution in [0.25, 0.3) is 11.3 Å². The highest BCUT2D eigenvalue weighted by atomic mass is 16.5. The third kappa shape index (κ3) is 3.36. The first-order chi connectivity index (χ1) is 11.5. The van der Waals surface area contributed by atoms with Crippen LogP contribution in [-0.4, -0.2) is 44.7 Å². The van der Waals surface area contributed by atoms with Gasteiger partial charge >= 0.3 is 0 Å². The third-order valence-corrected chi connectivity index (χ3v) is 4.82. The Kier molecular flexibility index (Phi) is 4.71. The van der Waals surface area contributed by atoms with E-state index in [2.05, 4.69) is 15.5 Å². The average molecular weight is 331 g/mol. The van der Waals surface area contributed by atoms with E-state index in [-0.39, 0.29) is 11.5 Å². The molecule has 0 unspecified atom stereocenters. The molecule has 24 heavy (non-hydrogen) atoms. The zero-order valence-electron chi connectivity index (χ0n) is 14.6. The van der Waals surface area contributed by atoms with Crippen LogP contribution in [0.2, 0.25) is 0 Å². The molecule has 0 spiro atoms. The van der Waals surface area contributed by atoms with E-state index >= 15 is 0 Å². The fourth-order valence-corrected chi connectivity index (χ4v) is 3.40. The molecule has 1 saturated carbocycles. The van der Waals surface area contributed by atoms with Gasteiger partial charge in [0.05, 0.1) is 17.4 Å². The summed E-state index contributed by atoms with van der Waals surface area (Å²) in [6.45, 7) is 0.531. The number of aromatic nitrogens is 4. The van der Waals surface area contributed by atoms with Gasteiger partial charge in [-0.25, -0.2) is 0 Å². The lowest BCUT2D eigenvalue weighted by atomic mass is 9.84. The third-order valence-electron chi connectivity index (χ3n) is 4.82. The molecule has 7 nitrogen and oxygen atoms in total. The molecule has 1 amide bonds. The number of nitrogens with zero attached hydrogens (tertiary/aromatic N) is 4. The van der Waals surface area contributed by atoms with Crippen molar-refractivity contribution in [2.24, 2.45) is 14.1 Å². The van der Waals surface area contributed by atoms with Crippen molar-refractivity contribution in [3.05, 3.63) is 24.2 Å². The molecule has 0 bridgehead atoms. The predicted octanol–water partition coefficient (Wildman–Crippen LogP) is 1.90. The first-order valence-electron chi connectivity index (χ1n) is 8.39. The van der Waals surface area contributed by atoms with Gasteiger partial charge in [0.1, 0.15) is 5.69 Å². The van der Waals surface area contributed by atoms with E-state index in [9.17, 15) is 4.79 Å². The van der Waals surface area contributed by atoms with E-state index in [4.69, 9.17) is 4.74 Å². The van der Waals surface area contributed by atoms with Crippen LogP contribution in [-0.2, 0) is 18.8 Å². The van der Waals surface area contributed by atoms with Crippen molar-refractivity contribution >= 4 is 5.91 Å². The number of hydrogen-bond donors (Lipinski definition) is 1. The maximum absolute atomic E-state index is 12.7. The summed E-state index contributed by atoms with van der Waals surface area (Å²) in [6.07, 6.45) is 10.9. The Morgan fingerprint density at radius 1 is 1.25 bits per heavy atom. The number of ether oxygens (including phenoxy) is 1. The molecule has 0 aliphatic heterocycles. The molecular weight excluding hydrogens is 306 g/mol. The van der Waals surface area contributed by atoms with Crippen molar-refractivity contribution in [2.45, 2.75) is 37.7 Å². The van der Waals surface area contributed by atoms with Crippen LogP contribution in [0.5, 0.6) is 0 Å². The summed E-state index contributed by atoms with van der Waals surface area (Å²) in [6, 6.07) is 0. The monoisotopic (exact) mass is 331 g/mol. The van der Waals surface area contributed by atoms with E-state index in [1.165, 1.54) is 6.42 Å². The molecule has 1 N–H and O–H groups in total. The molecule has 0 saturated heterocycles. The Labute approximate surface area is 142 Å². The largest absolute Gasteiger partial charge is 0.376 e. The van der Waals surface area contributed by atoms with Crippen molar-refractivity contribution in [1.29, 1.82) is 0 Å². The molecule has 130 valence electrons. The van der Waals surface area contributed by atoms with Gasteiger partial charge in [-0.3, -0.25) is 14.2 Å². The minimum Gasteiger partial charge on any atom is -0.376 e. The number of hydrogen-bond acceptors (Lipinski definition) is 4. The number of nitrogens with one attached hydrogen (secondary N) is 1. The molecule has 1 fully saturated rings. The van der Waals surface area contributed by atoms with Crippen molar-refractivity contribution in [3.63, 3.8) is 0 Å². The summed E-state index contributed by atoms with van der Waals surface area (Å²) in [7, 11) is 5.40. The first kappa shape index (κ1) is 16.7. The minimum atomic E-state index is -0.232. The van der Waals surface area contributed by atoms with Crippen molar-refractivity contribution in [1.82, 2.24) is 24.9 Å². The van der Waals surface area contributed by atoms with Crippen molar-refractivity contribution in [3.8, 4) is 11.3 Å². The van der Waals surface area contributed by atoms with Gasteiger partial charge in [0, 0.05) is 45.7 Å². The standard InChI is InChI=1S/C17H25N5O2/c1-21-10-13(9-19-21)15-14(11-22(2)20-15)16(23)18-12-17(24-3)7-5-4-6-8-17/h9-11H,4-8,12H2,1-3H3,(H,18,23). The molecule has 0 atom stereocenters. The maximum atomic E-state index is 12.7. The van der Waals surface area contributed by atoms with Gasteiger partial charge in [-0.15, -0.1) is 0 Å². The molecule has 1 aliphatic carbocycles. The zero-order valence-corrected chi connectivity index (χ0v) is 14.6. The summed E-state index contributed by atoms with van der Waals surface area (Å²) < 4.78 is 9.10. The number of carbonyl (C=O) groups excluding carboxylic acids is 1. The van der Waals surface area contributed by atoms with Crippen LogP contribution >= 0.6 is 0 Å². The number of carbonyl (C=O) groups is 1. The lowest BCUT2D eigenvalue weighted by Gasteiger charge is -2.36. The van der Waals surface area contributed by atoms with Crippen LogP contribution in [0.3, 0.4) is 0 Å². The Bertz CT molecular complexity index is 712. The van der Waals surface area contributed by atoms with E-state index < -0.39 is 0 Å². The van der Waals surface area contributed by atoms with E-state index in [1.807, 2.05) is 20.3 Å². The summed E-state index contributed by atoms with van der Waals surface area (Å²) in [5.41, 5.74) is 1.82. The quantitative estimate of drug-likeness (QED) is 0.908. The van der Waals surface area contributed by atoms with Crippen LogP contribution in [0.1, 0.15) is 42.5 Å². The topological polar surface area (TPSA) is 74.0 Å². The second-order valence-corrected chi connectivity index (χ2v) is 6.60. The Morgan fingerprint density at radius 2 is 2.00 bits per heavy atom. The van der Waals surface area contributed by atoms with Gasteiger partial charge in [-0.2, -0.15) is 10.2 Å². The molecule has 2 aromatic heterocycles. The Balaban J connectivity index is 1.76. The van der Waals surface area contributed by atoms with Crippen LogP contribution in [0, 0.1) is 0 Å². The lowest BCUT2D eigenvalue weighted by molar-refractivity contribution is -0.0363. The number of aryl methyl sites for hydroxylation is 2. The van der Waals surface area contributed by atoms with Crippen molar-refractivity contribution < 1.29 is 9.53 Å². The molecular formula is C17H25N5O2. The highest BCUT2D eigenvalue weighted by Gasteiger charge is 2.32. The average Bonchev–Trinajstić information content (AvgIpc) is 3.19. The Hall–Kier alpha value is -2.15. The van der Waals surface area contributed by atoms with Gasteiger partial charge in [0.25, 0.3) is 5.91 Å². The molecule has 7 heteroatoms. The second-order valence-electron chi connectivity index (χ2n) is 6.60. The summed E-state index contributed by atoms with van der Waals surface area (Å²) in [5, 5.41) is 11.6. The second kappa shape index (κ2) is 6.76. The van der Waals surface area contributed by atoms with E-state index in [0.717, 1.165) is 31.2 Å². The predicted molar refractivity (Wildman–Crippen MR) is 90.6 cm³/mol. The normalized spacial score (nSPS) is 17.0. The molecule has 0 aromatic carbocycles. The highest BCUT2D eigenvalue weighted by Crippen LogP contribution is 2.30. The van der Waals surface area contributed by atoms with E-state index in [1.54, 1.807) is 28.9 Å². The number of methoxy groups -OCH3 is 1. The van der Waals surface area contributed by atoms with Gasteiger partial charge in [-0.05, 0) is 12.8 Å². The van der Waals surface area contributed by atoms with Gasteiger partial charge in [0.15, 0.2) is 0 Å². The Morgan fingerprint density at radius 3 is 2.62 bits per heavy atom. The lowest BCUT2D eigenvalue weighted by Crippen LogP contribution is -2.45.